The first-order valence-corrected chi connectivity index (χ1v) is 15.4. The van der Waals surface area contributed by atoms with Crippen molar-refractivity contribution in [3.05, 3.63) is 76.9 Å². The Morgan fingerprint density at radius 2 is 1.86 bits per heavy atom. The monoisotopic (exact) mass is 592 g/mol. The van der Waals surface area contributed by atoms with Crippen LogP contribution in [0.4, 0.5) is 17.3 Å². The second-order valence-corrected chi connectivity index (χ2v) is 13.0. The van der Waals surface area contributed by atoms with Gasteiger partial charge < -0.3 is 20.2 Å². The number of pyridine rings is 1. The average molecular weight is 593 g/mol. The van der Waals surface area contributed by atoms with Gasteiger partial charge in [-0.2, -0.15) is 4.98 Å². The minimum Gasteiger partial charge on any atom is -0.383 e. The van der Waals surface area contributed by atoms with Gasteiger partial charge in [-0.05, 0) is 74.9 Å². The topological polar surface area (TPSA) is 121 Å². The number of piperazine rings is 1. The van der Waals surface area contributed by atoms with Crippen LogP contribution in [-0.4, -0.2) is 65.4 Å². The number of carbonyl (C=O) groups is 1. The molecular formula is C33H36N8O3. The first kappa shape index (κ1) is 27.1. The number of rotatable bonds is 6. The van der Waals surface area contributed by atoms with E-state index in [1.807, 2.05) is 36.1 Å². The third-order valence-corrected chi connectivity index (χ3v) is 10.4. The molecule has 4 aromatic rings. The highest BCUT2D eigenvalue weighted by molar-refractivity contribution is 5.77. The van der Waals surface area contributed by atoms with Crippen LogP contribution in [0.1, 0.15) is 50.8 Å². The zero-order valence-electron chi connectivity index (χ0n) is 25.0. The van der Waals surface area contributed by atoms with Gasteiger partial charge in [0.15, 0.2) is 11.5 Å². The summed E-state index contributed by atoms with van der Waals surface area (Å²) in [7, 11) is 0. The number of carbonyl (C=O) groups excluding carboxylic acids is 1. The van der Waals surface area contributed by atoms with Gasteiger partial charge in [0.05, 0.1) is 24.3 Å². The number of hydrogen-bond donors (Lipinski definition) is 2. The molecule has 11 nitrogen and oxygen atoms in total. The highest BCUT2D eigenvalue weighted by atomic mass is 16.3. The first-order valence-electron chi connectivity index (χ1n) is 15.4. The average Bonchev–Trinajstić information content (AvgIpc) is 3.76. The number of nitrogens with zero attached hydrogens (tertiary/aromatic N) is 7. The van der Waals surface area contributed by atoms with Crippen LogP contribution in [0, 0.1) is 5.41 Å². The molecule has 44 heavy (non-hydrogen) atoms. The fraction of sp³-hybridized carbons (Fsp3) is 0.424. The maximum atomic E-state index is 13.5. The number of aliphatic hydroxyl groups is 1. The minimum absolute atomic E-state index is 0.108. The molecule has 2 bridgehead atoms. The van der Waals surface area contributed by atoms with Gasteiger partial charge in [-0.1, -0.05) is 12.1 Å². The van der Waals surface area contributed by atoms with Crippen LogP contribution < -0.4 is 15.8 Å². The van der Waals surface area contributed by atoms with Gasteiger partial charge in [-0.25, -0.2) is 19.3 Å². The molecule has 3 aliphatic heterocycles. The summed E-state index contributed by atoms with van der Waals surface area (Å²) in [6.07, 6.45) is 8.14. The Kier molecular flexibility index (Phi) is 5.84. The smallest absolute Gasteiger partial charge is 0.278 e. The molecule has 1 amide bonds. The fourth-order valence-electron chi connectivity index (χ4n) is 7.80. The maximum absolute atomic E-state index is 13.5. The fourth-order valence-corrected chi connectivity index (χ4v) is 7.80. The summed E-state index contributed by atoms with van der Waals surface area (Å²) in [6.45, 7) is 9.33. The molecule has 6 heterocycles. The Hall–Kier alpha value is -4.51. The molecule has 5 aliphatic rings. The molecule has 3 unspecified atom stereocenters. The third kappa shape index (κ3) is 3.94. The molecule has 1 aromatic carbocycles. The number of nitrogens with one attached hydrogen (secondary N) is 1. The van der Waals surface area contributed by atoms with E-state index >= 15 is 0 Å². The number of allylic oxidation sites excluding steroid dienone is 1. The zero-order chi connectivity index (χ0) is 30.4. The van der Waals surface area contributed by atoms with Crippen molar-refractivity contribution in [2.24, 2.45) is 5.41 Å². The van der Waals surface area contributed by atoms with Gasteiger partial charge in [0.2, 0.25) is 11.9 Å². The Balaban J connectivity index is 1.11. The van der Waals surface area contributed by atoms with Crippen LogP contribution in [0.3, 0.4) is 0 Å². The number of aryl methyl sites for hydroxylation is 1. The van der Waals surface area contributed by atoms with Crippen LogP contribution in [0.5, 0.6) is 0 Å². The van der Waals surface area contributed by atoms with E-state index < -0.39 is 5.60 Å². The predicted octanol–water partition coefficient (Wildman–Crippen LogP) is 3.65. The number of benzene rings is 1. The quantitative estimate of drug-likeness (QED) is 0.326. The van der Waals surface area contributed by atoms with Gasteiger partial charge in [0, 0.05) is 43.0 Å². The summed E-state index contributed by atoms with van der Waals surface area (Å²) in [5, 5.41) is 15.3. The van der Waals surface area contributed by atoms with Crippen molar-refractivity contribution >= 4 is 34.3 Å². The Morgan fingerprint density at radius 1 is 1.11 bits per heavy atom. The molecule has 2 N–H and O–H groups in total. The van der Waals surface area contributed by atoms with E-state index in [1.165, 1.54) is 0 Å². The van der Waals surface area contributed by atoms with E-state index in [0.29, 0.717) is 40.6 Å². The molecule has 3 aromatic heterocycles. The van der Waals surface area contributed by atoms with E-state index in [0.717, 1.165) is 62.1 Å². The molecule has 226 valence electrons. The van der Waals surface area contributed by atoms with Gasteiger partial charge >= 0.3 is 0 Å². The molecule has 4 fully saturated rings. The lowest BCUT2D eigenvalue weighted by Crippen LogP contribution is -2.69. The molecule has 2 aliphatic carbocycles. The third-order valence-electron chi connectivity index (χ3n) is 10.4. The van der Waals surface area contributed by atoms with E-state index in [-0.39, 0.29) is 23.4 Å². The number of anilines is 3. The van der Waals surface area contributed by atoms with Crippen molar-refractivity contribution < 1.29 is 9.90 Å². The summed E-state index contributed by atoms with van der Waals surface area (Å²) in [5.74, 6) is 1.04. The molecule has 0 radical (unpaired) electrons. The molecule has 3 saturated heterocycles. The SMILES string of the molecule is C=CCn1c(=O)c2cnc(Nc3ccc(N4CC5CC(C4)N5C(C)=O)cc3)nc2n1-c1ccc2c(n1)C(C)(O)C1(CC2)CC1. The first-order chi connectivity index (χ1) is 21.2. The Labute approximate surface area is 254 Å². The van der Waals surface area contributed by atoms with Crippen molar-refractivity contribution in [2.45, 2.75) is 70.2 Å². The van der Waals surface area contributed by atoms with Crippen LogP contribution in [-0.2, 0) is 23.4 Å². The maximum Gasteiger partial charge on any atom is 0.278 e. The van der Waals surface area contributed by atoms with Gasteiger partial charge in [-0.15, -0.1) is 6.58 Å². The standard InChI is InChI=1S/C33H36N8O3/c1-4-15-39-30(43)26-17-34-31(35-22-6-8-23(9-7-22)38-18-24-16-25(19-38)40(24)20(2)42)37-29(26)41(39)27-10-5-21-11-12-33(13-14-33)32(3,44)28(21)36-27/h4-10,17,24-25,44H,1,11-16,18-19H2,2-3H3,(H,34,35,37). The number of fused-ring (bicyclic) bond motifs is 4. The van der Waals surface area contributed by atoms with Crippen molar-refractivity contribution in [3.8, 4) is 5.82 Å². The van der Waals surface area contributed by atoms with Crippen LogP contribution in [0.2, 0.25) is 0 Å². The molecule has 9 rings (SSSR count). The highest BCUT2D eigenvalue weighted by Crippen LogP contribution is 2.63. The van der Waals surface area contributed by atoms with Gasteiger partial charge in [-0.3, -0.25) is 9.59 Å². The van der Waals surface area contributed by atoms with E-state index in [9.17, 15) is 14.7 Å². The van der Waals surface area contributed by atoms with Crippen molar-refractivity contribution in [1.82, 2.24) is 29.2 Å². The van der Waals surface area contributed by atoms with Crippen LogP contribution in [0.25, 0.3) is 16.9 Å². The lowest BCUT2D eigenvalue weighted by Gasteiger charge is -2.56. The summed E-state index contributed by atoms with van der Waals surface area (Å²) >= 11 is 0. The zero-order valence-corrected chi connectivity index (χ0v) is 25.0. The molecule has 3 atom stereocenters. The largest absolute Gasteiger partial charge is 0.383 e. The summed E-state index contributed by atoms with van der Waals surface area (Å²) < 4.78 is 3.27. The Morgan fingerprint density at radius 3 is 2.55 bits per heavy atom. The predicted molar refractivity (Wildman–Crippen MR) is 167 cm³/mol. The van der Waals surface area contributed by atoms with E-state index in [2.05, 4.69) is 33.9 Å². The lowest BCUT2D eigenvalue weighted by atomic mass is 9.72. The summed E-state index contributed by atoms with van der Waals surface area (Å²) in [6, 6.07) is 12.6. The number of amides is 1. The van der Waals surface area contributed by atoms with Crippen molar-refractivity contribution in [2.75, 3.05) is 23.3 Å². The normalized spacial score (nSPS) is 24.6. The summed E-state index contributed by atoms with van der Waals surface area (Å²) in [5.41, 5.74) is 2.72. The molecule has 11 heteroatoms. The number of hydrogen-bond acceptors (Lipinski definition) is 8. The molecule has 1 spiro atoms. The molecule has 1 saturated carbocycles. The van der Waals surface area contributed by atoms with Gasteiger partial charge in [0.25, 0.3) is 5.56 Å². The van der Waals surface area contributed by atoms with E-state index in [4.69, 9.17) is 9.97 Å². The number of piperidine rings is 1. The Bertz CT molecular complexity index is 1880. The second kappa shape index (κ2) is 9.49. The highest BCUT2D eigenvalue weighted by Gasteiger charge is 2.59. The lowest BCUT2D eigenvalue weighted by molar-refractivity contribution is -0.143. The minimum atomic E-state index is -1.03. The van der Waals surface area contributed by atoms with Crippen molar-refractivity contribution in [3.63, 3.8) is 0 Å². The number of aromatic nitrogens is 5. The van der Waals surface area contributed by atoms with E-state index in [1.54, 1.807) is 28.6 Å². The van der Waals surface area contributed by atoms with Crippen LogP contribution in [0.15, 0.2) is 60.0 Å². The second-order valence-electron chi connectivity index (χ2n) is 13.0. The van der Waals surface area contributed by atoms with Crippen LogP contribution >= 0.6 is 0 Å². The summed E-state index contributed by atoms with van der Waals surface area (Å²) in [4.78, 5) is 43.9. The molecular weight excluding hydrogens is 556 g/mol. The van der Waals surface area contributed by atoms with Gasteiger partial charge in [0.1, 0.15) is 11.0 Å². The van der Waals surface area contributed by atoms with Crippen molar-refractivity contribution in [1.29, 1.82) is 0 Å².